The summed E-state index contributed by atoms with van der Waals surface area (Å²) >= 11 is 3.52. The summed E-state index contributed by atoms with van der Waals surface area (Å²) in [6, 6.07) is 4.34. The van der Waals surface area contributed by atoms with E-state index in [2.05, 4.69) is 43.0 Å². The Morgan fingerprint density at radius 3 is 2.74 bits per heavy atom. The van der Waals surface area contributed by atoms with Gasteiger partial charge in [-0.05, 0) is 24.5 Å². The number of nitrogens with zero attached hydrogens (tertiary/aromatic N) is 3. The van der Waals surface area contributed by atoms with E-state index in [0.29, 0.717) is 5.92 Å². The molecule has 3 aromatic rings. The maximum atomic E-state index is 4.69. The first-order valence-corrected chi connectivity index (χ1v) is 8.23. The molecule has 5 heteroatoms. The van der Waals surface area contributed by atoms with Crippen LogP contribution in [-0.4, -0.2) is 14.6 Å². The highest BCUT2D eigenvalue weighted by Gasteiger charge is 2.11. The maximum Gasteiger partial charge on any atom is 0.212 e. The molecule has 0 amide bonds. The van der Waals surface area contributed by atoms with Crippen LogP contribution in [0.5, 0.6) is 0 Å². The average molecular weight is 291 g/mol. The monoisotopic (exact) mass is 291 g/mol. The van der Waals surface area contributed by atoms with Crippen molar-refractivity contribution in [3.8, 4) is 10.6 Å². The summed E-state index contributed by atoms with van der Waals surface area (Å²) in [6.07, 6.45) is 4.16. The van der Waals surface area contributed by atoms with E-state index in [4.69, 9.17) is 0 Å². The van der Waals surface area contributed by atoms with Gasteiger partial charge >= 0.3 is 0 Å². The molecule has 0 fully saturated rings. The molecule has 3 nitrogen and oxygen atoms in total. The van der Waals surface area contributed by atoms with Gasteiger partial charge in [0.25, 0.3) is 0 Å². The fourth-order valence-electron chi connectivity index (χ4n) is 2.00. The highest BCUT2D eigenvalue weighted by molar-refractivity contribution is 7.17. The number of hydrogen-bond acceptors (Lipinski definition) is 4. The molecule has 0 unspecified atom stereocenters. The third kappa shape index (κ3) is 2.58. The fraction of sp³-hybridized carbons (Fsp3) is 0.429. The van der Waals surface area contributed by atoms with E-state index in [1.165, 1.54) is 14.8 Å². The van der Waals surface area contributed by atoms with E-state index in [1.54, 1.807) is 11.3 Å². The molecule has 3 rings (SSSR count). The SMILES string of the molecule is CCc1ccc(-c2cn3nc(CC(C)C)sc3n2)s1. The minimum atomic E-state index is 0.639. The first-order valence-electron chi connectivity index (χ1n) is 6.60. The quantitative estimate of drug-likeness (QED) is 0.718. The van der Waals surface area contributed by atoms with Crippen LogP contribution in [0.1, 0.15) is 30.7 Å². The van der Waals surface area contributed by atoms with Crippen molar-refractivity contribution in [3.05, 3.63) is 28.2 Å². The highest BCUT2D eigenvalue weighted by atomic mass is 32.1. The Labute approximate surface area is 120 Å². The van der Waals surface area contributed by atoms with Crippen LogP contribution < -0.4 is 0 Å². The molecule has 0 atom stereocenters. The van der Waals surface area contributed by atoms with Gasteiger partial charge in [0, 0.05) is 11.3 Å². The molecule has 0 aliphatic rings. The first-order chi connectivity index (χ1) is 9.15. The van der Waals surface area contributed by atoms with Gasteiger partial charge in [0.2, 0.25) is 4.96 Å². The molecular formula is C14H17N3S2. The zero-order valence-electron chi connectivity index (χ0n) is 11.4. The summed E-state index contributed by atoms with van der Waals surface area (Å²) < 4.78 is 1.92. The normalized spacial score (nSPS) is 11.8. The maximum absolute atomic E-state index is 4.69. The van der Waals surface area contributed by atoms with Gasteiger partial charge in [-0.25, -0.2) is 9.50 Å². The summed E-state index contributed by atoms with van der Waals surface area (Å²) in [6.45, 7) is 6.61. The Morgan fingerprint density at radius 2 is 2.11 bits per heavy atom. The molecule has 0 aromatic carbocycles. The van der Waals surface area contributed by atoms with Crippen LogP contribution in [0.15, 0.2) is 18.3 Å². The molecule has 3 heterocycles. The van der Waals surface area contributed by atoms with Crippen molar-refractivity contribution in [1.29, 1.82) is 0 Å². The zero-order chi connectivity index (χ0) is 13.4. The molecule has 0 radical (unpaired) electrons. The minimum absolute atomic E-state index is 0.639. The van der Waals surface area contributed by atoms with E-state index in [9.17, 15) is 0 Å². The van der Waals surface area contributed by atoms with Gasteiger partial charge in [-0.2, -0.15) is 5.10 Å². The predicted octanol–water partition coefficient (Wildman–Crippen LogP) is 4.28. The number of aromatic nitrogens is 3. The molecule has 0 spiro atoms. The molecule has 100 valence electrons. The Balaban J connectivity index is 1.92. The van der Waals surface area contributed by atoms with Gasteiger partial charge in [-0.1, -0.05) is 32.1 Å². The van der Waals surface area contributed by atoms with Gasteiger partial charge in [-0.3, -0.25) is 0 Å². The number of thiophene rings is 1. The zero-order valence-corrected chi connectivity index (χ0v) is 13.0. The Bertz CT molecular complexity index is 659. The molecule has 0 bridgehead atoms. The van der Waals surface area contributed by atoms with E-state index in [-0.39, 0.29) is 0 Å². The van der Waals surface area contributed by atoms with Crippen LogP contribution in [0.25, 0.3) is 15.5 Å². The van der Waals surface area contributed by atoms with Crippen LogP contribution in [-0.2, 0) is 12.8 Å². The Morgan fingerprint density at radius 1 is 1.26 bits per heavy atom. The number of aryl methyl sites for hydroxylation is 1. The lowest BCUT2D eigenvalue weighted by Gasteiger charge is -1.97. The molecule has 3 aromatic heterocycles. The van der Waals surface area contributed by atoms with Gasteiger partial charge in [0.1, 0.15) is 10.7 Å². The molecule has 0 aliphatic carbocycles. The fourth-order valence-corrected chi connectivity index (χ4v) is 3.99. The van der Waals surface area contributed by atoms with E-state index in [0.717, 1.165) is 23.5 Å². The molecule has 19 heavy (non-hydrogen) atoms. The van der Waals surface area contributed by atoms with Crippen molar-refractivity contribution in [3.63, 3.8) is 0 Å². The third-order valence-electron chi connectivity index (χ3n) is 2.93. The average Bonchev–Trinajstić information content (AvgIpc) is 2.99. The Kier molecular flexibility index (Phi) is 3.41. The largest absolute Gasteiger partial charge is 0.217 e. The molecule has 0 saturated heterocycles. The highest BCUT2D eigenvalue weighted by Crippen LogP contribution is 2.29. The van der Waals surface area contributed by atoms with Crippen molar-refractivity contribution in [2.24, 2.45) is 5.92 Å². The molecule has 0 N–H and O–H groups in total. The van der Waals surface area contributed by atoms with E-state index >= 15 is 0 Å². The van der Waals surface area contributed by atoms with Crippen LogP contribution in [0.4, 0.5) is 0 Å². The summed E-state index contributed by atoms with van der Waals surface area (Å²) in [5.74, 6) is 0.639. The topological polar surface area (TPSA) is 30.2 Å². The second kappa shape index (κ2) is 5.06. The van der Waals surface area contributed by atoms with Gasteiger partial charge in [0.15, 0.2) is 0 Å². The molecule has 0 saturated carbocycles. The standard InChI is InChI=1S/C14H17N3S2/c1-4-10-5-6-12(18-10)11-8-17-14(15-11)19-13(16-17)7-9(2)3/h5-6,8-9H,4,7H2,1-3H3. The summed E-state index contributed by atoms with van der Waals surface area (Å²) in [5, 5.41) is 5.77. The number of rotatable bonds is 4. The lowest BCUT2D eigenvalue weighted by molar-refractivity contribution is 0.637. The third-order valence-corrected chi connectivity index (χ3v) is 5.13. The van der Waals surface area contributed by atoms with E-state index < -0.39 is 0 Å². The van der Waals surface area contributed by atoms with Crippen molar-refractivity contribution in [1.82, 2.24) is 14.6 Å². The first kappa shape index (κ1) is 12.8. The second-order valence-corrected chi connectivity index (χ2v) is 7.28. The summed E-state index contributed by atoms with van der Waals surface area (Å²) in [7, 11) is 0. The minimum Gasteiger partial charge on any atom is -0.217 e. The lowest BCUT2D eigenvalue weighted by Crippen LogP contribution is -1.94. The van der Waals surface area contributed by atoms with Crippen LogP contribution >= 0.6 is 22.7 Å². The van der Waals surface area contributed by atoms with Gasteiger partial charge < -0.3 is 0 Å². The second-order valence-electron chi connectivity index (χ2n) is 5.07. The summed E-state index contributed by atoms with van der Waals surface area (Å²) in [4.78, 5) is 8.32. The summed E-state index contributed by atoms with van der Waals surface area (Å²) in [5.41, 5.74) is 1.04. The van der Waals surface area contributed by atoms with Crippen molar-refractivity contribution >= 4 is 27.6 Å². The number of imidazole rings is 1. The van der Waals surface area contributed by atoms with Crippen molar-refractivity contribution in [2.45, 2.75) is 33.6 Å². The number of hydrogen-bond donors (Lipinski definition) is 0. The lowest BCUT2D eigenvalue weighted by atomic mass is 10.1. The smallest absolute Gasteiger partial charge is 0.212 e. The predicted molar refractivity (Wildman–Crippen MR) is 82.1 cm³/mol. The van der Waals surface area contributed by atoms with Crippen molar-refractivity contribution < 1.29 is 0 Å². The van der Waals surface area contributed by atoms with Crippen molar-refractivity contribution in [2.75, 3.05) is 0 Å². The molecular weight excluding hydrogens is 274 g/mol. The van der Waals surface area contributed by atoms with Crippen LogP contribution in [0.2, 0.25) is 0 Å². The van der Waals surface area contributed by atoms with Gasteiger partial charge in [-0.15, -0.1) is 11.3 Å². The van der Waals surface area contributed by atoms with Crippen LogP contribution in [0, 0.1) is 5.92 Å². The number of fused-ring (bicyclic) bond motifs is 1. The Hall–Kier alpha value is -1.20. The molecule has 0 aliphatic heterocycles. The van der Waals surface area contributed by atoms with E-state index in [1.807, 2.05) is 22.0 Å². The van der Waals surface area contributed by atoms with Crippen LogP contribution in [0.3, 0.4) is 0 Å². The van der Waals surface area contributed by atoms with Gasteiger partial charge in [0.05, 0.1) is 11.1 Å².